The van der Waals surface area contributed by atoms with Gasteiger partial charge < -0.3 is 9.47 Å². The quantitative estimate of drug-likeness (QED) is 0.831. The van der Waals surface area contributed by atoms with Crippen LogP contribution in [-0.4, -0.2) is 14.2 Å². The maximum atomic E-state index is 5.69. The van der Waals surface area contributed by atoms with Crippen molar-refractivity contribution in [2.75, 3.05) is 14.2 Å². The molecule has 21 heavy (non-hydrogen) atoms. The van der Waals surface area contributed by atoms with Gasteiger partial charge in [0.2, 0.25) is 0 Å². The van der Waals surface area contributed by atoms with Crippen molar-refractivity contribution in [1.82, 2.24) is 0 Å². The summed E-state index contributed by atoms with van der Waals surface area (Å²) in [6.45, 7) is 0. The van der Waals surface area contributed by atoms with Gasteiger partial charge in [0, 0.05) is 16.5 Å². The van der Waals surface area contributed by atoms with E-state index in [4.69, 9.17) is 9.47 Å². The van der Waals surface area contributed by atoms with Gasteiger partial charge in [-0.05, 0) is 48.9 Å². The minimum atomic E-state index is 0.0872. The Balaban J connectivity index is 2.00. The summed E-state index contributed by atoms with van der Waals surface area (Å²) in [7, 11) is 3.56. The van der Waals surface area contributed by atoms with E-state index in [2.05, 4.69) is 36.4 Å². The SMILES string of the molecule is COc1cccc2c1C1(CC2)CCc2cccc(OC)c21. The fourth-order valence-corrected chi connectivity index (χ4v) is 4.44. The first-order valence-electron chi connectivity index (χ1n) is 7.63. The molecule has 2 aromatic rings. The second-order valence-electron chi connectivity index (χ2n) is 6.07. The van der Waals surface area contributed by atoms with Crippen molar-refractivity contribution in [3.8, 4) is 11.5 Å². The van der Waals surface area contributed by atoms with Crippen LogP contribution in [0.3, 0.4) is 0 Å². The Bertz CT molecular complexity index is 641. The number of aryl methyl sites for hydroxylation is 2. The van der Waals surface area contributed by atoms with Crippen LogP contribution in [0.25, 0.3) is 0 Å². The van der Waals surface area contributed by atoms with Gasteiger partial charge in [0.15, 0.2) is 0 Å². The largest absolute Gasteiger partial charge is 0.496 e. The van der Waals surface area contributed by atoms with E-state index in [0.717, 1.165) is 37.2 Å². The van der Waals surface area contributed by atoms with Crippen LogP contribution in [0, 0.1) is 0 Å². The lowest BCUT2D eigenvalue weighted by atomic mass is 9.76. The van der Waals surface area contributed by atoms with E-state index in [9.17, 15) is 0 Å². The number of ether oxygens (including phenoxy) is 2. The van der Waals surface area contributed by atoms with Crippen LogP contribution in [-0.2, 0) is 18.3 Å². The van der Waals surface area contributed by atoms with E-state index >= 15 is 0 Å². The number of hydrogen-bond donors (Lipinski definition) is 0. The van der Waals surface area contributed by atoms with Gasteiger partial charge in [-0.25, -0.2) is 0 Å². The second-order valence-corrected chi connectivity index (χ2v) is 6.07. The normalized spacial score (nSPS) is 17.6. The molecular formula is C19H20O2. The van der Waals surface area contributed by atoms with Gasteiger partial charge in [-0.3, -0.25) is 0 Å². The third-order valence-electron chi connectivity index (χ3n) is 5.26. The molecule has 2 nitrogen and oxygen atoms in total. The third-order valence-corrected chi connectivity index (χ3v) is 5.26. The summed E-state index contributed by atoms with van der Waals surface area (Å²) in [5, 5.41) is 0. The molecule has 0 bridgehead atoms. The molecule has 0 aromatic heterocycles. The van der Waals surface area contributed by atoms with Crippen LogP contribution in [0.2, 0.25) is 0 Å². The van der Waals surface area contributed by atoms with Crippen LogP contribution < -0.4 is 9.47 Å². The second kappa shape index (κ2) is 4.52. The molecule has 4 rings (SSSR count). The predicted molar refractivity (Wildman–Crippen MR) is 83.4 cm³/mol. The molecule has 0 saturated heterocycles. The maximum Gasteiger partial charge on any atom is 0.123 e. The lowest BCUT2D eigenvalue weighted by Gasteiger charge is -2.29. The van der Waals surface area contributed by atoms with E-state index in [1.807, 2.05) is 0 Å². The van der Waals surface area contributed by atoms with E-state index in [1.54, 1.807) is 14.2 Å². The molecule has 2 aromatic carbocycles. The molecule has 0 aliphatic heterocycles. The first kappa shape index (κ1) is 12.8. The highest BCUT2D eigenvalue weighted by Gasteiger charge is 2.48. The molecule has 0 atom stereocenters. The van der Waals surface area contributed by atoms with Crippen molar-refractivity contribution in [1.29, 1.82) is 0 Å². The van der Waals surface area contributed by atoms with Crippen LogP contribution >= 0.6 is 0 Å². The van der Waals surface area contributed by atoms with Crippen LogP contribution in [0.4, 0.5) is 0 Å². The molecule has 1 spiro atoms. The molecule has 0 saturated carbocycles. The van der Waals surface area contributed by atoms with Crippen LogP contribution in [0.1, 0.15) is 35.1 Å². The summed E-state index contributed by atoms with van der Waals surface area (Å²) >= 11 is 0. The number of rotatable bonds is 2. The standard InChI is InChI=1S/C19H20O2/c1-20-15-7-3-5-13-9-11-19(17(13)15)12-10-14-6-4-8-16(21-2)18(14)19/h3-8H,9-12H2,1-2H3. The third kappa shape index (κ3) is 1.59. The average Bonchev–Trinajstić information content (AvgIpc) is 3.10. The monoisotopic (exact) mass is 280 g/mol. The Morgan fingerprint density at radius 1 is 0.762 bits per heavy atom. The van der Waals surface area contributed by atoms with Crippen LogP contribution in [0.15, 0.2) is 36.4 Å². The van der Waals surface area contributed by atoms with E-state index in [1.165, 1.54) is 22.3 Å². The summed E-state index contributed by atoms with van der Waals surface area (Å²) in [4.78, 5) is 0. The fourth-order valence-electron chi connectivity index (χ4n) is 4.44. The van der Waals surface area contributed by atoms with Crippen molar-refractivity contribution in [2.24, 2.45) is 0 Å². The zero-order chi connectivity index (χ0) is 14.4. The molecule has 0 fully saturated rings. The summed E-state index contributed by atoms with van der Waals surface area (Å²) in [6, 6.07) is 12.9. The minimum absolute atomic E-state index is 0.0872. The van der Waals surface area contributed by atoms with E-state index in [-0.39, 0.29) is 5.41 Å². The van der Waals surface area contributed by atoms with Gasteiger partial charge in [0.05, 0.1) is 14.2 Å². The summed E-state index contributed by atoms with van der Waals surface area (Å²) in [5.41, 5.74) is 5.76. The Kier molecular flexibility index (Phi) is 2.75. The minimum Gasteiger partial charge on any atom is -0.496 e. The Morgan fingerprint density at radius 2 is 1.24 bits per heavy atom. The Hall–Kier alpha value is -1.96. The number of hydrogen-bond acceptors (Lipinski definition) is 2. The zero-order valence-corrected chi connectivity index (χ0v) is 12.6. The molecule has 0 N–H and O–H groups in total. The molecule has 0 amide bonds. The molecule has 2 aliphatic rings. The van der Waals surface area contributed by atoms with Crippen molar-refractivity contribution in [2.45, 2.75) is 31.1 Å². The van der Waals surface area contributed by atoms with E-state index in [0.29, 0.717) is 0 Å². The first-order chi connectivity index (χ1) is 10.3. The van der Waals surface area contributed by atoms with Crippen molar-refractivity contribution in [3.05, 3.63) is 58.7 Å². The lowest BCUT2D eigenvalue weighted by Crippen LogP contribution is -2.22. The molecule has 2 heteroatoms. The Morgan fingerprint density at radius 3 is 1.67 bits per heavy atom. The highest BCUT2D eigenvalue weighted by Crippen LogP contribution is 2.57. The van der Waals surface area contributed by atoms with Crippen molar-refractivity contribution < 1.29 is 9.47 Å². The zero-order valence-electron chi connectivity index (χ0n) is 12.6. The van der Waals surface area contributed by atoms with E-state index < -0.39 is 0 Å². The molecule has 0 unspecified atom stereocenters. The molecule has 0 radical (unpaired) electrons. The fraction of sp³-hybridized carbons (Fsp3) is 0.368. The number of methoxy groups -OCH3 is 2. The van der Waals surface area contributed by atoms with Gasteiger partial charge >= 0.3 is 0 Å². The predicted octanol–water partition coefficient (Wildman–Crippen LogP) is 3.88. The maximum absolute atomic E-state index is 5.69. The lowest BCUT2D eigenvalue weighted by molar-refractivity contribution is 0.379. The van der Waals surface area contributed by atoms with Crippen LogP contribution in [0.5, 0.6) is 11.5 Å². The number of fused-ring (bicyclic) bond motifs is 4. The smallest absolute Gasteiger partial charge is 0.123 e. The number of benzene rings is 2. The summed E-state index contributed by atoms with van der Waals surface area (Å²) in [6.07, 6.45) is 4.58. The Labute approximate surface area is 125 Å². The molecule has 0 heterocycles. The average molecular weight is 280 g/mol. The van der Waals surface area contributed by atoms with Gasteiger partial charge in [0.25, 0.3) is 0 Å². The highest BCUT2D eigenvalue weighted by molar-refractivity contribution is 5.62. The topological polar surface area (TPSA) is 18.5 Å². The van der Waals surface area contributed by atoms with Gasteiger partial charge in [-0.1, -0.05) is 24.3 Å². The molecule has 2 aliphatic carbocycles. The summed E-state index contributed by atoms with van der Waals surface area (Å²) < 4.78 is 11.4. The van der Waals surface area contributed by atoms with Gasteiger partial charge in [-0.2, -0.15) is 0 Å². The molecular weight excluding hydrogens is 260 g/mol. The first-order valence-corrected chi connectivity index (χ1v) is 7.63. The van der Waals surface area contributed by atoms with Crippen molar-refractivity contribution in [3.63, 3.8) is 0 Å². The van der Waals surface area contributed by atoms with Gasteiger partial charge in [-0.15, -0.1) is 0 Å². The summed E-state index contributed by atoms with van der Waals surface area (Å²) in [5.74, 6) is 2.06. The van der Waals surface area contributed by atoms with Gasteiger partial charge in [0.1, 0.15) is 11.5 Å². The van der Waals surface area contributed by atoms with Crippen molar-refractivity contribution >= 4 is 0 Å². The highest BCUT2D eigenvalue weighted by atomic mass is 16.5. The molecule has 108 valence electrons.